The smallest absolute Gasteiger partial charge is 0.240 e. The molecule has 0 saturated carbocycles. The fourth-order valence-electron chi connectivity index (χ4n) is 2.29. The average molecular weight is 283 g/mol. The van der Waals surface area contributed by atoms with Crippen molar-refractivity contribution in [2.75, 3.05) is 6.61 Å². The summed E-state index contributed by atoms with van der Waals surface area (Å²) in [6.45, 7) is 4.62. The van der Waals surface area contributed by atoms with Crippen molar-refractivity contribution < 1.29 is 13.2 Å². The zero-order valence-electron chi connectivity index (χ0n) is 11.4. The summed E-state index contributed by atoms with van der Waals surface area (Å²) in [6, 6.07) is 6.82. The first-order chi connectivity index (χ1) is 9.03. The van der Waals surface area contributed by atoms with Crippen molar-refractivity contribution in [3.63, 3.8) is 0 Å². The summed E-state index contributed by atoms with van der Waals surface area (Å²) in [4.78, 5) is 0.314. The fourth-order valence-corrected chi connectivity index (χ4v) is 3.56. The first kappa shape index (κ1) is 14.5. The van der Waals surface area contributed by atoms with Crippen LogP contribution in [-0.2, 0) is 21.2 Å². The maximum atomic E-state index is 12.2. The quantitative estimate of drug-likeness (QED) is 0.900. The SMILES string of the molecule is CCc1ccc(S(=O)(=O)NC(C)C2CCCO2)cc1. The molecule has 0 bridgehead atoms. The normalized spacial score (nSPS) is 21.5. The third kappa shape index (κ3) is 3.55. The number of rotatable bonds is 5. The van der Waals surface area contributed by atoms with Gasteiger partial charge in [-0.1, -0.05) is 19.1 Å². The second-order valence-corrected chi connectivity index (χ2v) is 6.67. The van der Waals surface area contributed by atoms with Gasteiger partial charge in [-0.05, 0) is 43.9 Å². The van der Waals surface area contributed by atoms with E-state index < -0.39 is 10.0 Å². The first-order valence-electron chi connectivity index (χ1n) is 6.76. The minimum Gasteiger partial charge on any atom is -0.377 e. The number of hydrogen-bond acceptors (Lipinski definition) is 3. The molecule has 1 aliphatic rings. The van der Waals surface area contributed by atoms with Crippen LogP contribution in [0.3, 0.4) is 0 Å². The Labute approximate surface area is 115 Å². The summed E-state index contributed by atoms with van der Waals surface area (Å²) >= 11 is 0. The second kappa shape index (κ2) is 6.03. The highest BCUT2D eigenvalue weighted by molar-refractivity contribution is 7.89. The molecule has 1 aliphatic heterocycles. The molecule has 1 fully saturated rings. The van der Waals surface area contributed by atoms with Crippen LogP contribution in [0.2, 0.25) is 0 Å². The van der Waals surface area contributed by atoms with Crippen molar-refractivity contribution >= 4 is 10.0 Å². The number of hydrogen-bond donors (Lipinski definition) is 1. The Hall–Kier alpha value is -0.910. The summed E-state index contributed by atoms with van der Waals surface area (Å²) in [5, 5.41) is 0. The first-order valence-corrected chi connectivity index (χ1v) is 8.24. The molecule has 19 heavy (non-hydrogen) atoms. The molecule has 1 aromatic rings. The van der Waals surface area contributed by atoms with E-state index in [2.05, 4.69) is 4.72 Å². The van der Waals surface area contributed by atoms with Crippen LogP contribution in [0.5, 0.6) is 0 Å². The summed E-state index contributed by atoms with van der Waals surface area (Å²) in [5.41, 5.74) is 1.13. The molecule has 2 unspecified atom stereocenters. The number of sulfonamides is 1. The Morgan fingerprint density at radius 1 is 1.37 bits per heavy atom. The van der Waals surface area contributed by atoms with Crippen LogP contribution in [-0.4, -0.2) is 27.2 Å². The van der Waals surface area contributed by atoms with Crippen LogP contribution in [0.1, 0.15) is 32.3 Å². The highest BCUT2D eigenvalue weighted by Gasteiger charge is 2.26. The summed E-state index contributed by atoms with van der Waals surface area (Å²) in [6.07, 6.45) is 2.81. The monoisotopic (exact) mass is 283 g/mol. The van der Waals surface area contributed by atoms with Gasteiger partial charge in [0.15, 0.2) is 0 Å². The molecule has 4 nitrogen and oxygen atoms in total. The van der Waals surface area contributed by atoms with E-state index in [1.165, 1.54) is 0 Å². The zero-order chi connectivity index (χ0) is 13.9. The molecule has 0 amide bonds. The molecule has 2 atom stereocenters. The average Bonchev–Trinajstić information content (AvgIpc) is 2.92. The number of aryl methyl sites for hydroxylation is 1. The molecule has 0 aromatic heterocycles. The van der Waals surface area contributed by atoms with Crippen LogP contribution >= 0.6 is 0 Å². The van der Waals surface area contributed by atoms with Gasteiger partial charge in [0.25, 0.3) is 0 Å². The van der Waals surface area contributed by atoms with E-state index in [-0.39, 0.29) is 12.1 Å². The van der Waals surface area contributed by atoms with E-state index in [1.54, 1.807) is 12.1 Å². The van der Waals surface area contributed by atoms with Crippen LogP contribution in [0.4, 0.5) is 0 Å². The maximum Gasteiger partial charge on any atom is 0.240 e. The predicted octanol–water partition coefficient (Wildman–Crippen LogP) is 2.09. The van der Waals surface area contributed by atoms with Crippen molar-refractivity contribution in [1.82, 2.24) is 4.72 Å². The fraction of sp³-hybridized carbons (Fsp3) is 0.571. The van der Waals surface area contributed by atoms with E-state index in [9.17, 15) is 8.42 Å². The van der Waals surface area contributed by atoms with Gasteiger partial charge in [-0.15, -0.1) is 0 Å². The topological polar surface area (TPSA) is 55.4 Å². The largest absolute Gasteiger partial charge is 0.377 e. The Kier molecular flexibility index (Phi) is 4.60. The Balaban J connectivity index is 2.08. The molecule has 1 saturated heterocycles. The molecule has 1 aromatic carbocycles. The standard InChI is InChI=1S/C14H21NO3S/c1-3-12-6-8-13(9-7-12)19(16,17)15-11(2)14-5-4-10-18-14/h6-9,11,14-15H,3-5,10H2,1-2H3. The minimum absolute atomic E-state index is 0.00955. The highest BCUT2D eigenvalue weighted by atomic mass is 32.2. The number of benzene rings is 1. The highest BCUT2D eigenvalue weighted by Crippen LogP contribution is 2.18. The van der Waals surface area contributed by atoms with Crippen molar-refractivity contribution in [1.29, 1.82) is 0 Å². The third-order valence-electron chi connectivity index (χ3n) is 3.51. The van der Waals surface area contributed by atoms with Crippen LogP contribution in [0, 0.1) is 0 Å². The Morgan fingerprint density at radius 2 is 2.05 bits per heavy atom. The summed E-state index contributed by atoms with van der Waals surface area (Å²) in [5.74, 6) is 0. The zero-order valence-corrected chi connectivity index (χ0v) is 12.2. The van der Waals surface area contributed by atoms with Gasteiger partial charge in [0.2, 0.25) is 10.0 Å². The van der Waals surface area contributed by atoms with Crippen LogP contribution in [0.15, 0.2) is 29.2 Å². The van der Waals surface area contributed by atoms with Crippen LogP contribution in [0.25, 0.3) is 0 Å². The van der Waals surface area contributed by atoms with Gasteiger partial charge in [-0.25, -0.2) is 13.1 Å². The van der Waals surface area contributed by atoms with E-state index in [0.29, 0.717) is 4.90 Å². The van der Waals surface area contributed by atoms with Gasteiger partial charge >= 0.3 is 0 Å². The molecule has 0 spiro atoms. The molecular weight excluding hydrogens is 262 g/mol. The second-order valence-electron chi connectivity index (χ2n) is 4.96. The lowest BCUT2D eigenvalue weighted by atomic mass is 10.1. The van der Waals surface area contributed by atoms with Gasteiger partial charge < -0.3 is 4.74 Å². The molecule has 1 heterocycles. The number of nitrogens with one attached hydrogen (secondary N) is 1. The van der Waals surface area contributed by atoms with Crippen molar-refractivity contribution in [3.05, 3.63) is 29.8 Å². The van der Waals surface area contributed by atoms with Crippen molar-refractivity contribution in [3.8, 4) is 0 Å². The molecular formula is C14H21NO3S. The van der Waals surface area contributed by atoms with E-state index in [1.807, 2.05) is 26.0 Å². The molecule has 5 heteroatoms. The lowest BCUT2D eigenvalue weighted by Crippen LogP contribution is -2.40. The summed E-state index contributed by atoms with van der Waals surface area (Å²) < 4.78 is 32.7. The maximum absolute atomic E-state index is 12.2. The Morgan fingerprint density at radius 3 is 2.58 bits per heavy atom. The lowest BCUT2D eigenvalue weighted by molar-refractivity contribution is 0.0902. The number of ether oxygens (including phenoxy) is 1. The molecule has 106 valence electrons. The lowest BCUT2D eigenvalue weighted by Gasteiger charge is -2.20. The van der Waals surface area contributed by atoms with Crippen molar-refractivity contribution in [2.24, 2.45) is 0 Å². The summed E-state index contributed by atoms with van der Waals surface area (Å²) in [7, 11) is -3.45. The predicted molar refractivity (Wildman–Crippen MR) is 74.6 cm³/mol. The van der Waals surface area contributed by atoms with Gasteiger partial charge in [0.05, 0.1) is 11.0 Å². The Bertz CT molecular complexity index is 504. The van der Waals surface area contributed by atoms with Gasteiger partial charge in [0, 0.05) is 12.6 Å². The van der Waals surface area contributed by atoms with Crippen molar-refractivity contribution in [2.45, 2.75) is 50.2 Å². The van der Waals surface area contributed by atoms with E-state index in [4.69, 9.17) is 4.74 Å². The molecule has 1 N–H and O–H groups in total. The van der Waals surface area contributed by atoms with E-state index >= 15 is 0 Å². The van der Waals surface area contributed by atoms with Gasteiger partial charge in [0.1, 0.15) is 0 Å². The minimum atomic E-state index is -3.45. The van der Waals surface area contributed by atoms with Gasteiger partial charge in [-0.2, -0.15) is 0 Å². The molecule has 2 rings (SSSR count). The molecule has 0 radical (unpaired) electrons. The van der Waals surface area contributed by atoms with E-state index in [0.717, 1.165) is 31.4 Å². The van der Waals surface area contributed by atoms with Gasteiger partial charge in [-0.3, -0.25) is 0 Å². The third-order valence-corrected chi connectivity index (χ3v) is 5.08. The molecule has 0 aliphatic carbocycles. The van der Waals surface area contributed by atoms with Crippen LogP contribution < -0.4 is 4.72 Å².